The number of para-hydroxylation sites is 2. The zero-order valence-electron chi connectivity index (χ0n) is 18.2. The molecule has 8 nitrogen and oxygen atoms in total. The van der Waals surface area contributed by atoms with Crippen molar-refractivity contribution in [2.75, 3.05) is 32.7 Å². The fourth-order valence-electron chi connectivity index (χ4n) is 3.59. The van der Waals surface area contributed by atoms with Crippen molar-refractivity contribution in [2.24, 2.45) is 0 Å². The number of ether oxygens (including phenoxy) is 3. The number of benzene rings is 2. The SMILES string of the molecule is COc1ccccc1NC(=O)COc1ccc(C(=O)N2CCC(O)C2(C)C)cc1OC. The highest BCUT2D eigenvalue weighted by atomic mass is 16.5. The molecular formula is C23H28N2O6. The van der Waals surface area contributed by atoms with Crippen molar-refractivity contribution >= 4 is 17.5 Å². The van der Waals surface area contributed by atoms with Gasteiger partial charge in [0.05, 0.1) is 31.5 Å². The predicted molar refractivity (Wildman–Crippen MR) is 116 cm³/mol. The normalized spacial score (nSPS) is 17.2. The van der Waals surface area contributed by atoms with Crippen LogP contribution in [-0.4, -0.2) is 60.8 Å². The summed E-state index contributed by atoms with van der Waals surface area (Å²) in [4.78, 5) is 26.9. The number of nitrogens with zero attached hydrogens (tertiary/aromatic N) is 1. The second-order valence-electron chi connectivity index (χ2n) is 7.82. The average molecular weight is 428 g/mol. The number of anilines is 1. The number of carbonyl (C=O) groups is 2. The molecule has 2 amide bonds. The lowest BCUT2D eigenvalue weighted by molar-refractivity contribution is -0.118. The Hall–Kier alpha value is -3.26. The van der Waals surface area contributed by atoms with Crippen LogP contribution in [0.4, 0.5) is 5.69 Å². The van der Waals surface area contributed by atoms with Crippen molar-refractivity contribution in [3.63, 3.8) is 0 Å². The number of amides is 2. The van der Waals surface area contributed by atoms with Crippen molar-refractivity contribution < 1.29 is 28.9 Å². The fourth-order valence-corrected chi connectivity index (χ4v) is 3.59. The van der Waals surface area contributed by atoms with E-state index in [9.17, 15) is 14.7 Å². The molecule has 0 spiro atoms. The number of aliphatic hydroxyl groups excluding tert-OH is 1. The van der Waals surface area contributed by atoms with E-state index in [1.807, 2.05) is 19.9 Å². The molecule has 0 bridgehead atoms. The molecule has 1 atom stereocenters. The van der Waals surface area contributed by atoms with Gasteiger partial charge in [0.15, 0.2) is 18.1 Å². The summed E-state index contributed by atoms with van der Waals surface area (Å²) in [6, 6.07) is 11.9. The van der Waals surface area contributed by atoms with Gasteiger partial charge in [0.25, 0.3) is 11.8 Å². The van der Waals surface area contributed by atoms with Gasteiger partial charge in [-0.15, -0.1) is 0 Å². The van der Waals surface area contributed by atoms with Gasteiger partial charge in [0.1, 0.15) is 5.75 Å². The first-order valence-corrected chi connectivity index (χ1v) is 10.0. The predicted octanol–water partition coefficient (Wildman–Crippen LogP) is 2.71. The quantitative estimate of drug-likeness (QED) is 0.704. The van der Waals surface area contributed by atoms with Crippen LogP contribution in [0.3, 0.4) is 0 Å². The Morgan fingerprint density at radius 1 is 1.10 bits per heavy atom. The van der Waals surface area contributed by atoms with Gasteiger partial charge in [0, 0.05) is 12.1 Å². The number of hydrogen-bond acceptors (Lipinski definition) is 6. The summed E-state index contributed by atoms with van der Waals surface area (Å²) >= 11 is 0. The number of methoxy groups -OCH3 is 2. The maximum absolute atomic E-state index is 13.0. The molecule has 0 saturated carbocycles. The zero-order valence-corrected chi connectivity index (χ0v) is 18.2. The lowest BCUT2D eigenvalue weighted by Gasteiger charge is -2.34. The van der Waals surface area contributed by atoms with Crippen LogP contribution < -0.4 is 19.5 Å². The Balaban J connectivity index is 1.68. The number of rotatable bonds is 7. The number of nitrogens with one attached hydrogen (secondary N) is 1. The van der Waals surface area contributed by atoms with Gasteiger partial charge in [0.2, 0.25) is 0 Å². The number of carbonyl (C=O) groups excluding carboxylic acids is 2. The highest BCUT2D eigenvalue weighted by Gasteiger charge is 2.43. The van der Waals surface area contributed by atoms with E-state index < -0.39 is 11.6 Å². The third-order valence-electron chi connectivity index (χ3n) is 5.53. The van der Waals surface area contributed by atoms with Gasteiger partial charge in [-0.3, -0.25) is 9.59 Å². The lowest BCUT2D eigenvalue weighted by Crippen LogP contribution is -2.48. The molecule has 8 heteroatoms. The molecular weight excluding hydrogens is 400 g/mol. The Morgan fingerprint density at radius 3 is 2.45 bits per heavy atom. The third kappa shape index (κ3) is 4.74. The van der Waals surface area contributed by atoms with Gasteiger partial charge < -0.3 is 29.5 Å². The van der Waals surface area contributed by atoms with Gasteiger partial charge in [-0.05, 0) is 50.6 Å². The van der Waals surface area contributed by atoms with E-state index in [1.165, 1.54) is 14.2 Å². The largest absolute Gasteiger partial charge is 0.495 e. The number of aliphatic hydroxyl groups is 1. The van der Waals surface area contributed by atoms with E-state index >= 15 is 0 Å². The van der Waals surface area contributed by atoms with Gasteiger partial charge in [-0.1, -0.05) is 12.1 Å². The van der Waals surface area contributed by atoms with Crippen LogP contribution in [0.5, 0.6) is 17.2 Å². The molecule has 1 aliphatic rings. The Bertz CT molecular complexity index is 959. The summed E-state index contributed by atoms with van der Waals surface area (Å²) in [7, 11) is 2.99. The molecule has 0 aliphatic carbocycles. The summed E-state index contributed by atoms with van der Waals surface area (Å²) < 4.78 is 16.2. The smallest absolute Gasteiger partial charge is 0.262 e. The zero-order chi connectivity index (χ0) is 22.6. The maximum Gasteiger partial charge on any atom is 0.262 e. The summed E-state index contributed by atoms with van der Waals surface area (Å²) in [6.07, 6.45) is -0.0269. The van der Waals surface area contributed by atoms with Crippen LogP contribution in [0.15, 0.2) is 42.5 Å². The molecule has 2 N–H and O–H groups in total. The molecule has 1 aliphatic heterocycles. The third-order valence-corrected chi connectivity index (χ3v) is 5.53. The lowest BCUT2D eigenvalue weighted by atomic mass is 9.98. The molecule has 31 heavy (non-hydrogen) atoms. The first-order chi connectivity index (χ1) is 14.8. The van der Waals surface area contributed by atoms with E-state index in [2.05, 4.69) is 5.32 Å². The Kier molecular flexibility index (Phi) is 6.70. The number of hydrogen-bond donors (Lipinski definition) is 2. The Labute approximate surface area is 181 Å². The minimum atomic E-state index is -0.643. The minimum absolute atomic E-state index is 0.194. The first kappa shape index (κ1) is 22.4. The van der Waals surface area contributed by atoms with Gasteiger partial charge in [-0.25, -0.2) is 0 Å². The average Bonchev–Trinajstić information content (AvgIpc) is 3.04. The van der Waals surface area contributed by atoms with Crippen LogP contribution in [0.25, 0.3) is 0 Å². The van der Waals surface area contributed by atoms with E-state index in [1.54, 1.807) is 41.3 Å². The maximum atomic E-state index is 13.0. The van der Waals surface area contributed by atoms with Crippen molar-refractivity contribution in [3.05, 3.63) is 48.0 Å². The van der Waals surface area contributed by atoms with Crippen LogP contribution >= 0.6 is 0 Å². The second-order valence-corrected chi connectivity index (χ2v) is 7.82. The van der Waals surface area contributed by atoms with E-state index in [-0.39, 0.29) is 18.4 Å². The monoisotopic (exact) mass is 428 g/mol. The molecule has 1 fully saturated rings. The molecule has 1 heterocycles. The van der Waals surface area contributed by atoms with Crippen molar-refractivity contribution in [1.82, 2.24) is 4.90 Å². The van der Waals surface area contributed by atoms with Crippen LogP contribution in [0.1, 0.15) is 30.6 Å². The van der Waals surface area contributed by atoms with Gasteiger partial charge >= 0.3 is 0 Å². The van der Waals surface area contributed by atoms with Crippen molar-refractivity contribution in [3.8, 4) is 17.2 Å². The second kappa shape index (κ2) is 9.26. The summed E-state index contributed by atoms with van der Waals surface area (Å²) in [6.45, 7) is 3.93. The number of likely N-dealkylation sites (tertiary alicyclic amines) is 1. The fraction of sp³-hybridized carbons (Fsp3) is 0.391. The molecule has 1 saturated heterocycles. The topological polar surface area (TPSA) is 97.3 Å². The molecule has 0 aromatic heterocycles. The standard InChI is InChI=1S/C23H28N2O6/c1-23(2)20(26)11-12-25(23)22(28)15-9-10-18(19(13-15)30-4)31-14-21(27)24-16-7-5-6-8-17(16)29-3/h5-10,13,20,26H,11-12,14H2,1-4H3,(H,24,27). The highest BCUT2D eigenvalue weighted by Crippen LogP contribution is 2.33. The first-order valence-electron chi connectivity index (χ1n) is 10.0. The van der Waals surface area contributed by atoms with Crippen LogP contribution in [-0.2, 0) is 4.79 Å². The summed E-state index contributed by atoms with van der Waals surface area (Å²) in [5.74, 6) is 0.675. The van der Waals surface area contributed by atoms with E-state index in [4.69, 9.17) is 14.2 Å². The molecule has 2 aromatic carbocycles. The Morgan fingerprint density at radius 2 is 1.81 bits per heavy atom. The summed E-state index contributed by atoms with van der Waals surface area (Å²) in [5, 5.41) is 12.9. The molecule has 0 radical (unpaired) electrons. The highest BCUT2D eigenvalue weighted by molar-refractivity contribution is 5.96. The van der Waals surface area contributed by atoms with E-state index in [0.29, 0.717) is 41.5 Å². The molecule has 3 rings (SSSR count). The van der Waals surface area contributed by atoms with Crippen molar-refractivity contribution in [2.45, 2.75) is 31.9 Å². The van der Waals surface area contributed by atoms with Crippen LogP contribution in [0.2, 0.25) is 0 Å². The van der Waals surface area contributed by atoms with Gasteiger partial charge in [-0.2, -0.15) is 0 Å². The molecule has 166 valence electrons. The minimum Gasteiger partial charge on any atom is -0.495 e. The molecule has 1 unspecified atom stereocenters. The van der Waals surface area contributed by atoms with Crippen molar-refractivity contribution in [1.29, 1.82) is 0 Å². The summed E-state index contributed by atoms with van der Waals surface area (Å²) in [5.41, 5.74) is 0.322. The van der Waals surface area contributed by atoms with E-state index in [0.717, 1.165) is 0 Å². The molecule has 2 aromatic rings. The van der Waals surface area contributed by atoms with Crippen LogP contribution in [0, 0.1) is 0 Å².